The Labute approximate surface area is 199 Å². The number of carbonyl (C=O) groups is 1. The Bertz CT molecular complexity index is 807. The molecule has 31 heavy (non-hydrogen) atoms. The summed E-state index contributed by atoms with van der Waals surface area (Å²) in [4.78, 5) is 21.1. The minimum absolute atomic E-state index is 0. The second-order valence-corrected chi connectivity index (χ2v) is 7.00. The highest BCUT2D eigenvalue weighted by molar-refractivity contribution is 14.0. The number of amides is 1. The van der Waals surface area contributed by atoms with Gasteiger partial charge in [0.05, 0.1) is 12.9 Å². The van der Waals surface area contributed by atoms with Gasteiger partial charge in [0.2, 0.25) is 0 Å². The number of aliphatic imine (C=N–C) groups is 1. The minimum Gasteiger partial charge on any atom is -0.494 e. The van der Waals surface area contributed by atoms with E-state index in [-0.39, 0.29) is 35.7 Å². The summed E-state index contributed by atoms with van der Waals surface area (Å²) in [6.07, 6.45) is 3.28. The van der Waals surface area contributed by atoms with E-state index in [4.69, 9.17) is 14.1 Å². The number of guanidine groups is 1. The monoisotopic (exact) mass is 544 g/mol. The molecule has 1 fully saturated rings. The van der Waals surface area contributed by atoms with E-state index in [1.807, 2.05) is 11.8 Å². The van der Waals surface area contributed by atoms with Gasteiger partial charge >= 0.3 is 0 Å². The SMILES string of the molecule is CCNC(=NCCCCOc1ccc(F)cc1)N1CCN(C(=O)c2ccco2)CC1.I. The predicted octanol–water partition coefficient (Wildman–Crippen LogP) is 3.62. The average Bonchev–Trinajstić information content (AvgIpc) is 3.31. The smallest absolute Gasteiger partial charge is 0.289 e. The summed E-state index contributed by atoms with van der Waals surface area (Å²) in [7, 11) is 0. The largest absolute Gasteiger partial charge is 0.494 e. The number of furan rings is 1. The van der Waals surface area contributed by atoms with Crippen molar-refractivity contribution < 1.29 is 18.3 Å². The molecule has 0 unspecified atom stereocenters. The van der Waals surface area contributed by atoms with Crippen molar-refractivity contribution in [3.8, 4) is 5.75 Å². The summed E-state index contributed by atoms with van der Waals surface area (Å²) in [6.45, 7) is 6.83. The van der Waals surface area contributed by atoms with Gasteiger partial charge in [-0.2, -0.15) is 0 Å². The van der Waals surface area contributed by atoms with Gasteiger partial charge in [-0.15, -0.1) is 24.0 Å². The highest BCUT2D eigenvalue weighted by atomic mass is 127. The fourth-order valence-electron chi connectivity index (χ4n) is 3.22. The molecule has 0 spiro atoms. The van der Waals surface area contributed by atoms with Crippen molar-refractivity contribution in [1.29, 1.82) is 0 Å². The second-order valence-electron chi connectivity index (χ2n) is 7.00. The molecule has 0 radical (unpaired) electrons. The van der Waals surface area contributed by atoms with Gasteiger partial charge in [-0.25, -0.2) is 4.39 Å². The van der Waals surface area contributed by atoms with Crippen LogP contribution in [0.25, 0.3) is 0 Å². The van der Waals surface area contributed by atoms with Crippen LogP contribution in [0.1, 0.15) is 30.3 Å². The lowest BCUT2D eigenvalue weighted by molar-refractivity contribution is 0.0657. The van der Waals surface area contributed by atoms with Crippen LogP contribution >= 0.6 is 24.0 Å². The van der Waals surface area contributed by atoms with Crippen molar-refractivity contribution in [3.63, 3.8) is 0 Å². The number of rotatable bonds is 8. The molecule has 0 aliphatic carbocycles. The molecule has 170 valence electrons. The van der Waals surface area contributed by atoms with E-state index in [1.54, 1.807) is 24.3 Å². The lowest BCUT2D eigenvalue weighted by Gasteiger charge is -2.36. The number of nitrogens with one attached hydrogen (secondary N) is 1. The maximum atomic E-state index is 12.9. The van der Waals surface area contributed by atoms with E-state index in [0.717, 1.165) is 38.4 Å². The van der Waals surface area contributed by atoms with Crippen LogP contribution in [-0.2, 0) is 0 Å². The molecule has 1 aromatic heterocycles. The third-order valence-electron chi connectivity index (χ3n) is 4.83. The van der Waals surface area contributed by atoms with Crippen molar-refractivity contribution in [2.45, 2.75) is 19.8 Å². The topological polar surface area (TPSA) is 70.3 Å². The number of ether oxygens (including phenoxy) is 1. The van der Waals surface area contributed by atoms with Crippen molar-refractivity contribution in [1.82, 2.24) is 15.1 Å². The predicted molar refractivity (Wildman–Crippen MR) is 129 cm³/mol. The Hall–Kier alpha value is -2.30. The number of hydrogen-bond donors (Lipinski definition) is 1. The number of carbonyl (C=O) groups excluding carboxylic acids is 1. The average molecular weight is 544 g/mol. The van der Waals surface area contributed by atoms with E-state index in [0.29, 0.717) is 37.8 Å². The van der Waals surface area contributed by atoms with Gasteiger partial charge in [0, 0.05) is 39.3 Å². The molecule has 1 aliphatic rings. The third kappa shape index (κ3) is 7.71. The first-order valence-electron chi connectivity index (χ1n) is 10.4. The van der Waals surface area contributed by atoms with E-state index >= 15 is 0 Å². The van der Waals surface area contributed by atoms with Gasteiger partial charge in [0.15, 0.2) is 11.7 Å². The molecule has 2 aromatic rings. The molecule has 1 aliphatic heterocycles. The standard InChI is InChI=1S/C22H29FN4O3.HI/c1-2-24-22(25-11-3-4-16-29-19-9-7-18(23)8-10-19)27-14-12-26(13-15-27)21(28)20-6-5-17-30-20;/h5-10,17H,2-4,11-16H2,1H3,(H,24,25);1H. The van der Waals surface area contributed by atoms with Crippen LogP contribution in [0.2, 0.25) is 0 Å². The molecular formula is C22H30FIN4O3. The van der Waals surface area contributed by atoms with Gasteiger partial charge in [-0.1, -0.05) is 0 Å². The number of unbranched alkanes of at least 4 members (excludes halogenated alkanes) is 1. The summed E-state index contributed by atoms with van der Waals surface area (Å²) >= 11 is 0. The van der Waals surface area contributed by atoms with E-state index < -0.39 is 0 Å². The third-order valence-corrected chi connectivity index (χ3v) is 4.83. The van der Waals surface area contributed by atoms with Crippen LogP contribution in [0, 0.1) is 5.82 Å². The summed E-state index contributed by atoms with van der Waals surface area (Å²) in [5, 5.41) is 3.33. The number of benzene rings is 1. The maximum Gasteiger partial charge on any atom is 0.289 e. The summed E-state index contributed by atoms with van der Waals surface area (Å²) in [6, 6.07) is 9.47. The highest BCUT2D eigenvalue weighted by Gasteiger charge is 2.25. The summed E-state index contributed by atoms with van der Waals surface area (Å²) in [5.74, 6) is 1.60. The number of halogens is 2. The molecule has 2 heterocycles. The van der Waals surface area contributed by atoms with E-state index in [2.05, 4.69) is 10.2 Å². The molecule has 0 atom stereocenters. The summed E-state index contributed by atoms with van der Waals surface area (Å²) < 4.78 is 23.7. The number of nitrogens with zero attached hydrogens (tertiary/aromatic N) is 3. The molecule has 3 rings (SSSR count). The van der Waals surface area contributed by atoms with Crippen LogP contribution in [0.5, 0.6) is 5.75 Å². The zero-order valence-corrected chi connectivity index (χ0v) is 20.1. The zero-order valence-electron chi connectivity index (χ0n) is 17.8. The van der Waals surface area contributed by atoms with Gasteiger partial charge in [0.1, 0.15) is 11.6 Å². The molecule has 9 heteroatoms. The molecule has 0 bridgehead atoms. The Balaban J connectivity index is 0.00000341. The van der Waals surface area contributed by atoms with Crippen molar-refractivity contribution in [3.05, 3.63) is 54.2 Å². The van der Waals surface area contributed by atoms with Crippen molar-refractivity contribution >= 4 is 35.8 Å². The lowest BCUT2D eigenvalue weighted by Crippen LogP contribution is -2.53. The van der Waals surface area contributed by atoms with Gasteiger partial charge < -0.3 is 24.3 Å². The van der Waals surface area contributed by atoms with E-state index in [1.165, 1.54) is 18.4 Å². The number of piperazine rings is 1. The zero-order chi connectivity index (χ0) is 21.2. The Kier molecular flexibility index (Phi) is 10.6. The molecule has 1 amide bonds. The lowest BCUT2D eigenvalue weighted by atomic mass is 10.3. The van der Waals surface area contributed by atoms with Crippen molar-refractivity contribution in [2.24, 2.45) is 4.99 Å². The molecular weight excluding hydrogens is 514 g/mol. The fraction of sp³-hybridized carbons (Fsp3) is 0.455. The summed E-state index contributed by atoms with van der Waals surface area (Å²) in [5.41, 5.74) is 0. The first-order chi connectivity index (χ1) is 14.7. The van der Waals surface area contributed by atoms with Crippen LogP contribution < -0.4 is 10.1 Å². The fourth-order valence-corrected chi connectivity index (χ4v) is 3.22. The van der Waals surface area contributed by atoms with Gasteiger partial charge in [-0.3, -0.25) is 9.79 Å². The Morgan fingerprint density at radius 2 is 1.84 bits per heavy atom. The molecule has 7 nitrogen and oxygen atoms in total. The van der Waals surface area contributed by atoms with Crippen LogP contribution in [-0.4, -0.2) is 67.5 Å². The van der Waals surface area contributed by atoms with E-state index in [9.17, 15) is 9.18 Å². The normalized spacial score (nSPS) is 14.2. The molecule has 1 aromatic carbocycles. The van der Waals surface area contributed by atoms with Crippen LogP contribution in [0.3, 0.4) is 0 Å². The Morgan fingerprint density at radius 1 is 1.13 bits per heavy atom. The first-order valence-corrected chi connectivity index (χ1v) is 10.4. The van der Waals surface area contributed by atoms with Crippen LogP contribution in [0.4, 0.5) is 4.39 Å². The molecule has 1 saturated heterocycles. The van der Waals surface area contributed by atoms with Gasteiger partial charge in [0.25, 0.3) is 5.91 Å². The second kappa shape index (κ2) is 13.2. The maximum absolute atomic E-state index is 12.9. The van der Waals surface area contributed by atoms with Gasteiger partial charge in [-0.05, 0) is 56.2 Å². The Morgan fingerprint density at radius 3 is 2.48 bits per heavy atom. The number of hydrogen-bond acceptors (Lipinski definition) is 4. The minimum atomic E-state index is -0.265. The first kappa shape index (κ1) is 25.0. The molecule has 0 saturated carbocycles. The quantitative estimate of drug-likeness (QED) is 0.238. The van der Waals surface area contributed by atoms with Crippen LogP contribution in [0.15, 0.2) is 52.1 Å². The molecule has 1 N–H and O–H groups in total. The highest BCUT2D eigenvalue weighted by Crippen LogP contribution is 2.12. The van der Waals surface area contributed by atoms with Crippen molar-refractivity contribution in [2.75, 3.05) is 45.9 Å².